The maximum absolute atomic E-state index is 12.1. The van der Waals surface area contributed by atoms with E-state index in [0.717, 1.165) is 35.2 Å². The average molecular weight is 444 g/mol. The SMILES string of the molecule is Cc1cc(S(=O)(=O)NCCNC2=NCCCN2)c(C)s1.I. The van der Waals surface area contributed by atoms with Crippen molar-refractivity contribution >= 4 is 51.3 Å². The molecule has 0 aliphatic carbocycles. The zero-order valence-corrected chi connectivity index (χ0v) is 16.1. The molecule has 0 bridgehead atoms. The van der Waals surface area contributed by atoms with Crippen molar-refractivity contribution in [1.82, 2.24) is 15.4 Å². The van der Waals surface area contributed by atoms with Crippen LogP contribution in [0.1, 0.15) is 16.2 Å². The fourth-order valence-electron chi connectivity index (χ4n) is 1.97. The summed E-state index contributed by atoms with van der Waals surface area (Å²) in [5, 5.41) is 6.20. The molecule has 0 aromatic carbocycles. The number of nitrogens with zero attached hydrogens (tertiary/aromatic N) is 1. The summed E-state index contributed by atoms with van der Waals surface area (Å²) in [5.74, 6) is 0.748. The van der Waals surface area contributed by atoms with Gasteiger partial charge in [0.05, 0.1) is 4.90 Å². The number of rotatable bonds is 5. The highest BCUT2D eigenvalue weighted by Crippen LogP contribution is 2.24. The van der Waals surface area contributed by atoms with Gasteiger partial charge in [-0.15, -0.1) is 35.3 Å². The minimum Gasteiger partial charge on any atom is -0.356 e. The van der Waals surface area contributed by atoms with Crippen molar-refractivity contribution < 1.29 is 8.42 Å². The molecule has 1 aromatic rings. The monoisotopic (exact) mass is 444 g/mol. The first-order chi connectivity index (χ1) is 9.49. The molecule has 0 amide bonds. The van der Waals surface area contributed by atoms with Crippen LogP contribution >= 0.6 is 35.3 Å². The zero-order chi connectivity index (χ0) is 14.6. The molecule has 21 heavy (non-hydrogen) atoms. The lowest BCUT2D eigenvalue weighted by Gasteiger charge is -2.16. The van der Waals surface area contributed by atoms with Crippen LogP contribution in [0.3, 0.4) is 0 Å². The first-order valence-corrected chi connectivity index (χ1v) is 8.88. The van der Waals surface area contributed by atoms with Gasteiger partial charge in [-0.2, -0.15) is 0 Å². The molecule has 1 aliphatic heterocycles. The second kappa shape index (κ2) is 8.30. The Morgan fingerprint density at radius 1 is 1.38 bits per heavy atom. The summed E-state index contributed by atoms with van der Waals surface area (Å²) < 4.78 is 26.9. The largest absolute Gasteiger partial charge is 0.356 e. The standard InChI is InChI=1S/C12H20N4O2S2.HI/c1-9-8-11(10(2)19-9)20(17,18)16-7-6-15-12-13-4-3-5-14-12;/h8,16H,3-7H2,1-2H3,(H2,13,14,15);1H. The molecule has 2 heterocycles. The van der Waals surface area contributed by atoms with Crippen molar-refractivity contribution in [3.05, 3.63) is 15.8 Å². The second-order valence-electron chi connectivity index (χ2n) is 4.61. The highest BCUT2D eigenvalue weighted by atomic mass is 127. The molecular formula is C12H21IN4O2S2. The van der Waals surface area contributed by atoms with E-state index in [1.54, 1.807) is 6.07 Å². The predicted molar refractivity (Wildman–Crippen MR) is 97.3 cm³/mol. The Hall–Kier alpha value is -0.390. The van der Waals surface area contributed by atoms with Crippen LogP contribution in [0.4, 0.5) is 0 Å². The molecule has 1 aromatic heterocycles. The number of thiophene rings is 1. The Morgan fingerprint density at radius 2 is 2.14 bits per heavy atom. The predicted octanol–water partition coefficient (Wildman–Crippen LogP) is 1.20. The minimum absolute atomic E-state index is 0. The second-order valence-corrected chi connectivity index (χ2v) is 7.81. The van der Waals surface area contributed by atoms with E-state index < -0.39 is 10.0 Å². The third-order valence-electron chi connectivity index (χ3n) is 2.89. The summed E-state index contributed by atoms with van der Waals surface area (Å²) in [6, 6.07) is 1.71. The number of guanidine groups is 1. The number of hydrogen-bond donors (Lipinski definition) is 3. The van der Waals surface area contributed by atoms with Crippen LogP contribution in [-0.2, 0) is 10.0 Å². The Morgan fingerprint density at radius 3 is 2.71 bits per heavy atom. The van der Waals surface area contributed by atoms with E-state index in [1.165, 1.54) is 11.3 Å². The lowest BCUT2D eigenvalue weighted by Crippen LogP contribution is -2.43. The Balaban J connectivity index is 0.00000220. The molecule has 2 rings (SSSR count). The lowest BCUT2D eigenvalue weighted by molar-refractivity contribution is 0.580. The van der Waals surface area contributed by atoms with Gasteiger partial charge in [0, 0.05) is 35.9 Å². The van der Waals surface area contributed by atoms with Crippen LogP contribution in [0.25, 0.3) is 0 Å². The molecule has 9 heteroatoms. The molecule has 0 saturated carbocycles. The third-order valence-corrected chi connectivity index (χ3v) is 5.57. The van der Waals surface area contributed by atoms with Crippen LogP contribution in [0.2, 0.25) is 0 Å². The van der Waals surface area contributed by atoms with Gasteiger partial charge in [-0.3, -0.25) is 4.99 Å². The maximum Gasteiger partial charge on any atom is 0.241 e. The molecule has 0 saturated heterocycles. The van der Waals surface area contributed by atoms with Gasteiger partial charge >= 0.3 is 0 Å². The van der Waals surface area contributed by atoms with E-state index in [1.807, 2.05) is 13.8 Å². The van der Waals surface area contributed by atoms with E-state index in [2.05, 4.69) is 20.3 Å². The van der Waals surface area contributed by atoms with Gasteiger partial charge in [-0.05, 0) is 26.3 Å². The molecule has 6 nitrogen and oxygen atoms in total. The van der Waals surface area contributed by atoms with Crippen LogP contribution < -0.4 is 15.4 Å². The summed E-state index contributed by atoms with van der Waals surface area (Å²) in [4.78, 5) is 6.46. The summed E-state index contributed by atoms with van der Waals surface area (Å²) in [6.45, 7) is 6.29. The Labute approximate surface area is 146 Å². The molecule has 0 unspecified atom stereocenters. The molecule has 0 atom stereocenters. The molecule has 0 radical (unpaired) electrons. The maximum atomic E-state index is 12.1. The van der Waals surface area contributed by atoms with E-state index in [-0.39, 0.29) is 24.0 Å². The summed E-state index contributed by atoms with van der Waals surface area (Å²) in [5.41, 5.74) is 0. The van der Waals surface area contributed by atoms with Gasteiger partial charge in [-0.25, -0.2) is 13.1 Å². The average Bonchev–Trinajstić information content (AvgIpc) is 2.76. The van der Waals surface area contributed by atoms with Crippen molar-refractivity contribution in [2.45, 2.75) is 25.2 Å². The topological polar surface area (TPSA) is 82.6 Å². The number of halogens is 1. The number of nitrogens with one attached hydrogen (secondary N) is 3. The first-order valence-electron chi connectivity index (χ1n) is 6.58. The van der Waals surface area contributed by atoms with Crippen LogP contribution in [-0.4, -0.2) is 40.6 Å². The Kier molecular flexibility index (Phi) is 7.37. The van der Waals surface area contributed by atoms with Gasteiger partial charge in [0.2, 0.25) is 10.0 Å². The Bertz CT molecular complexity index is 598. The molecule has 0 fully saturated rings. The van der Waals surface area contributed by atoms with Gasteiger partial charge in [0.25, 0.3) is 0 Å². The molecule has 1 aliphatic rings. The van der Waals surface area contributed by atoms with Gasteiger partial charge in [0.1, 0.15) is 0 Å². The van der Waals surface area contributed by atoms with Crippen molar-refractivity contribution in [3.8, 4) is 0 Å². The van der Waals surface area contributed by atoms with Gasteiger partial charge in [-0.1, -0.05) is 0 Å². The van der Waals surface area contributed by atoms with E-state index in [4.69, 9.17) is 0 Å². The molecule has 120 valence electrons. The van der Waals surface area contributed by atoms with Crippen molar-refractivity contribution in [2.24, 2.45) is 4.99 Å². The van der Waals surface area contributed by atoms with Crippen LogP contribution in [0, 0.1) is 13.8 Å². The van der Waals surface area contributed by atoms with Crippen molar-refractivity contribution in [3.63, 3.8) is 0 Å². The minimum atomic E-state index is -3.41. The smallest absolute Gasteiger partial charge is 0.241 e. The van der Waals surface area contributed by atoms with Gasteiger partial charge in [0.15, 0.2) is 5.96 Å². The quantitative estimate of drug-likeness (QED) is 0.471. The number of hydrogen-bond acceptors (Lipinski definition) is 6. The van der Waals surface area contributed by atoms with Crippen molar-refractivity contribution in [1.29, 1.82) is 0 Å². The van der Waals surface area contributed by atoms with Crippen LogP contribution in [0.15, 0.2) is 16.0 Å². The fourth-order valence-corrected chi connectivity index (χ4v) is 4.55. The molecule has 3 N–H and O–H groups in total. The van der Waals surface area contributed by atoms with E-state index in [0.29, 0.717) is 18.0 Å². The van der Waals surface area contributed by atoms with E-state index in [9.17, 15) is 8.42 Å². The number of aryl methyl sites for hydroxylation is 2. The van der Waals surface area contributed by atoms with Gasteiger partial charge < -0.3 is 10.6 Å². The third kappa shape index (κ3) is 5.38. The normalized spacial score (nSPS) is 14.9. The molecule has 0 spiro atoms. The highest BCUT2D eigenvalue weighted by Gasteiger charge is 2.18. The number of aliphatic imine (C=N–C) groups is 1. The first kappa shape index (κ1) is 18.7. The zero-order valence-electron chi connectivity index (χ0n) is 12.1. The summed E-state index contributed by atoms with van der Waals surface area (Å²) in [6.07, 6.45) is 1.04. The summed E-state index contributed by atoms with van der Waals surface area (Å²) in [7, 11) is -3.41. The summed E-state index contributed by atoms with van der Waals surface area (Å²) >= 11 is 1.49. The molecular weight excluding hydrogens is 423 g/mol. The van der Waals surface area contributed by atoms with E-state index >= 15 is 0 Å². The fraction of sp³-hybridized carbons (Fsp3) is 0.583. The number of sulfonamides is 1. The lowest BCUT2D eigenvalue weighted by atomic mass is 10.4. The highest BCUT2D eigenvalue weighted by molar-refractivity contribution is 14.0. The van der Waals surface area contributed by atoms with Crippen LogP contribution in [0.5, 0.6) is 0 Å². The van der Waals surface area contributed by atoms with Crippen molar-refractivity contribution in [2.75, 3.05) is 26.2 Å².